The van der Waals surface area contributed by atoms with Gasteiger partial charge in [0, 0.05) is 59.1 Å². The van der Waals surface area contributed by atoms with E-state index in [0.29, 0.717) is 31.7 Å². The molecule has 0 aliphatic carbocycles. The third-order valence-corrected chi connectivity index (χ3v) is 9.00. The van der Waals surface area contributed by atoms with Crippen molar-refractivity contribution >= 4 is 42.6 Å². The summed E-state index contributed by atoms with van der Waals surface area (Å²) in [4.78, 5) is 21.6. The van der Waals surface area contributed by atoms with Crippen molar-refractivity contribution in [1.82, 2.24) is 14.2 Å². The lowest BCUT2D eigenvalue weighted by Gasteiger charge is -2.34. The van der Waals surface area contributed by atoms with Crippen molar-refractivity contribution in [2.75, 3.05) is 71.6 Å². The van der Waals surface area contributed by atoms with Crippen molar-refractivity contribution in [3.8, 4) is 0 Å². The molecule has 1 fully saturated rings. The van der Waals surface area contributed by atoms with E-state index in [1.165, 1.54) is 54.1 Å². The molecule has 0 unspecified atom stereocenters. The molecule has 0 bridgehead atoms. The zero-order valence-corrected chi connectivity index (χ0v) is 21.9. The molecule has 3 aromatic rings. The lowest BCUT2D eigenvalue weighted by Crippen LogP contribution is -2.48. The second-order valence-corrected chi connectivity index (χ2v) is 11.2. The summed E-state index contributed by atoms with van der Waals surface area (Å²) in [6.45, 7) is 3.16. The number of rotatable bonds is 10. The number of sulfonamides is 1. The van der Waals surface area contributed by atoms with Crippen molar-refractivity contribution in [2.24, 2.45) is 0 Å². The summed E-state index contributed by atoms with van der Waals surface area (Å²) in [7, 11) is -0.721. The highest BCUT2D eigenvalue weighted by atomic mass is 32.2. The molecule has 2 aromatic carbocycles. The molecule has 0 N–H and O–H groups in total. The third-order valence-electron chi connectivity index (χ3n) is 6.01. The number of amides is 1. The van der Waals surface area contributed by atoms with E-state index in [1.807, 2.05) is 0 Å². The monoisotopic (exact) mass is 536 g/mol. The number of piperazine rings is 1. The number of carbonyl (C=O) groups is 1. The van der Waals surface area contributed by atoms with E-state index in [0.717, 1.165) is 15.3 Å². The van der Waals surface area contributed by atoms with Gasteiger partial charge in [-0.1, -0.05) is 11.3 Å². The highest BCUT2D eigenvalue weighted by molar-refractivity contribution is 7.89. The summed E-state index contributed by atoms with van der Waals surface area (Å²) >= 11 is 1.43. The van der Waals surface area contributed by atoms with Gasteiger partial charge in [-0.15, -0.1) is 0 Å². The Morgan fingerprint density at radius 2 is 1.67 bits per heavy atom. The van der Waals surface area contributed by atoms with Gasteiger partial charge >= 0.3 is 0 Å². The van der Waals surface area contributed by atoms with Crippen LogP contribution >= 0.6 is 11.3 Å². The summed E-state index contributed by atoms with van der Waals surface area (Å²) in [5.74, 6) is -0.440. The molecule has 1 amide bonds. The van der Waals surface area contributed by atoms with Crippen LogP contribution in [-0.4, -0.2) is 95.2 Å². The van der Waals surface area contributed by atoms with E-state index in [9.17, 15) is 17.6 Å². The van der Waals surface area contributed by atoms with Crippen LogP contribution < -0.4 is 4.90 Å². The molecule has 1 saturated heterocycles. The Morgan fingerprint density at radius 3 is 2.28 bits per heavy atom. The molecular weight excluding hydrogens is 507 g/mol. The molecular formula is C24H29FN4O5S2. The Hall–Kier alpha value is -2.64. The van der Waals surface area contributed by atoms with Crippen LogP contribution in [0.5, 0.6) is 0 Å². The molecule has 0 spiro atoms. The van der Waals surface area contributed by atoms with Gasteiger partial charge in [-0.2, -0.15) is 4.31 Å². The fraction of sp³-hybridized carbons (Fsp3) is 0.417. The molecule has 2 heterocycles. The predicted octanol–water partition coefficient (Wildman–Crippen LogP) is 2.68. The largest absolute Gasteiger partial charge is 0.383 e. The molecule has 36 heavy (non-hydrogen) atoms. The highest BCUT2D eigenvalue weighted by Crippen LogP contribution is 2.30. The van der Waals surface area contributed by atoms with Crippen molar-refractivity contribution < 1.29 is 27.1 Å². The summed E-state index contributed by atoms with van der Waals surface area (Å²) in [6.07, 6.45) is 0. The van der Waals surface area contributed by atoms with E-state index in [4.69, 9.17) is 9.47 Å². The standard InChI is InChI=1S/C24H29FN4O5S2/c1-33-15-13-29(14-16-34-2)36(31,32)20-6-3-18(4-7-20)23(30)27-9-11-28(12-10-27)24-26-21-8-5-19(25)17-22(21)35-24/h3-8,17H,9-16H2,1-2H3. The molecule has 4 rings (SSSR count). The number of nitrogens with zero attached hydrogens (tertiary/aromatic N) is 4. The summed E-state index contributed by atoms with van der Waals surface area (Å²) < 4.78 is 51.8. The Morgan fingerprint density at radius 1 is 1.03 bits per heavy atom. The summed E-state index contributed by atoms with van der Waals surface area (Å²) in [5, 5.41) is 0.809. The van der Waals surface area contributed by atoms with E-state index < -0.39 is 10.0 Å². The van der Waals surface area contributed by atoms with Gasteiger partial charge in [0.25, 0.3) is 5.91 Å². The SMILES string of the molecule is COCCN(CCOC)S(=O)(=O)c1ccc(C(=O)N2CCN(c3nc4ccc(F)cc4s3)CC2)cc1. The quantitative estimate of drug-likeness (QED) is 0.393. The van der Waals surface area contributed by atoms with Gasteiger partial charge in [0.1, 0.15) is 5.82 Å². The number of methoxy groups -OCH3 is 2. The van der Waals surface area contributed by atoms with Crippen LogP contribution in [-0.2, 0) is 19.5 Å². The third kappa shape index (κ3) is 5.84. The maximum absolute atomic E-state index is 13.5. The second-order valence-electron chi connectivity index (χ2n) is 8.30. The molecule has 0 saturated carbocycles. The van der Waals surface area contributed by atoms with Gasteiger partial charge in [0.05, 0.1) is 28.3 Å². The first kappa shape index (κ1) is 26.4. The summed E-state index contributed by atoms with van der Waals surface area (Å²) in [6, 6.07) is 10.6. The van der Waals surface area contributed by atoms with Gasteiger partial charge in [-0.25, -0.2) is 17.8 Å². The average Bonchev–Trinajstić information content (AvgIpc) is 3.31. The predicted molar refractivity (Wildman–Crippen MR) is 137 cm³/mol. The second kappa shape index (κ2) is 11.6. The lowest BCUT2D eigenvalue weighted by atomic mass is 10.2. The number of anilines is 1. The van der Waals surface area contributed by atoms with Gasteiger partial charge < -0.3 is 19.3 Å². The van der Waals surface area contributed by atoms with Crippen LogP contribution in [0.15, 0.2) is 47.4 Å². The average molecular weight is 537 g/mol. The maximum Gasteiger partial charge on any atom is 0.253 e. The minimum absolute atomic E-state index is 0.114. The fourth-order valence-corrected chi connectivity index (χ4v) is 6.41. The minimum Gasteiger partial charge on any atom is -0.383 e. The van der Waals surface area contributed by atoms with Crippen molar-refractivity contribution in [2.45, 2.75) is 4.90 Å². The van der Waals surface area contributed by atoms with E-state index in [2.05, 4.69) is 9.88 Å². The Labute approximate surface area is 214 Å². The number of aromatic nitrogens is 1. The van der Waals surface area contributed by atoms with Gasteiger partial charge in [0.2, 0.25) is 10.0 Å². The Balaban J connectivity index is 1.39. The first-order valence-corrected chi connectivity index (χ1v) is 13.8. The maximum atomic E-state index is 13.5. The number of benzene rings is 2. The highest BCUT2D eigenvalue weighted by Gasteiger charge is 2.26. The molecule has 194 valence electrons. The number of fused-ring (bicyclic) bond motifs is 1. The normalized spacial score (nSPS) is 14.7. The molecule has 1 aromatic heterocycles. The van der Waals surface area contributed by atoms with Crippen LogP contribution in [0, 0.1) is 5.82 Å². The van der Waals surface area contributed by atoms with Crippen LogP contribution in [0.25, 0.3) is 10.2 Å². The van der Waals surface area contributed by atoms with E-state index in [-0.39, 0.29) is 42.9 Å². The topological polar surface area (TPSA) is 92.3 Å². The summed E-state index contributed by atoms with van der Waals surface area (Å²) in [5.41, 5.74) is 1.19. The van der Waals surface area contributed by atoms with E-state index in [1.54, 1.807) is 23.1 Å². The number of halogens is 1. The number of carbonyl (C=O) groups excluding carboxylic acids is 1. The fourth-order valence-electron chi connectivity index (χ4n) is 3.96. The zero-order chi connectivity index (χ0) is 25.7. The number of hydrogen-bond donors (Lipinski definition) is 0. The van der Waals surface area contributed by atoms with Crippen LogP contribution in [0.4, 0.5) is 9.52 Å². The van der Waals surface area contributed by atoms with Gasteiger partial charge in [-0.05, 0) is 42.5 Å². The number of hydrogen-bond acceptors (Lipinski definition) is 8. The number of thiazole rings is 1. The van der Waals surface area contributed by atoms with Crippen LogP contribution in [0.2, 0.25) is 0 Å². The van der Waals surface area contributed by atoms with E-state index >= 15 is 0 Å². The molecule has 0 atom stereocenters. The van der Waals surface area contributed by atoms with Crippen LogP contribution in [0.1, 0.15) is 10.4 Å². The molecule has 1 aliphatic heterocycles. The number of ether oxygens (including phenoxy) is 2. The van der Waals surface area contributed by atoms with Gasteiger partial charge in [0.15, 0.2) is 5.13 Å². The van der Waals surface area contributed by atoms with Crippen molar-refractivity contribution in [3.05, 3.63) is 53.8 Å². The Kier molecular flexibility index (Phi) is 8.52. The minimum atomic E-state index is -3.75. The Bertz CT molecular complexity index is 1280. The molecule has 1 aliphatic rings. The van der Waals surface area contributed by atoms with Crippen LogP contribution in [0.3, 0.4) is 0 Å². The van der Waals surface area contributed by atoms with Crippen molar-refractivity contribution in [1.29, 1.82) is 0 Å². The smallest absolute Gasteiger partial charge is 0.253 e. The first-order valence-electron chi connectivity index (χ1n) is 11.5. The van der Waals surface area contributed by atoms with Crippen molar-refractivity contribution in [3.63, 3.8) is 0 Å². The first-order chi connectivity index (χ1) is 17.3. The molecule has 12 heteroatoms. The zero-order valence-electron chi connectivity index (χ0n) is 20.2. The lowest BCUT2D eigenvalue weighted by molar-refractivity contribution is 0.0746. The van der Waals surface area contributed by atoms with Gasteiger partial charge in [-0.3, -0.25) is 4.79 Å². The molecule has 0 radical (unpaired) electrons. The molecule has 9 nitrogen and oxygen atoms in total.